The maximum Gasteiger partial charge on any atom is 0.0117 e. The Kier molecular flexibility index (Phi) is 3.60. The van der Waals surface area contributed by atoms with Crippen LogP contribution in [0, 0.1) is 11.3 Å². The molecule has 1 heterocycles. The lowest BCUT2D eigenvalue weighted by atomic mass is 9.69. The molecule has 1 saturated carbocycles. The van der Waals surface area contributed by atoms with Crippen LogP contribution in [-0.2, 0) is 0 Å². The van der Waals surface area contributed by atoms with Gasteiger partial charge in [0.2, 0.25) is 0 Å². The number of rotatable bonds is 3. The van der Waals surface area contributed by atoms with Crippen LogP contribution in [0.3, 0.4) is 0 Å². The molecular weight excluding hydrogens is 196 g/mol. The van der Waals surface area contributed by atoms with Crippen LogP contribution in [0.15, 0.2) is 0 Å². The monoisotopic (exact) mass is 224 g/mol. The van der Waals surface area contributed by atoms with E-state index < -0.39 is 0 Å². The van der Waals surface area contributed by atoms with E-state index in [9.17, 15) is 0 Å². The summed E-state index contributed by atoms with van der Waals surface area (Å²) < 4.78 is 0. The van der Waals surface area contributed by atoms with E-state index in [1.807, 2.05) is 0 Å². The molecule has 2 rings (SSSR count). The minimum Gasteiger partial charge on any atom is -0.317 e. The molecule has 0 amide bonds. The van der Waals surface area contributed by atoms with Crippen molar-refractivity contribution in [1.82, 2.24) is 10.2 Å². The summed E-state index contributed by atoms with van der Waals surface area (Å²) in [6.45, 7) is 9.90. The maximum absolute atomic E-state index is 3.47. The first kappa shape index (κ1) is 12.4. The SMILES string of the molecule is CNC1CCN(CC2(C)CCC2)C(C)C1C. The van der Waals surface area contributed by atoms with Crippen LogP contribution < -0.4 is 5.32 Å². The van der Waals surface area contributed by atoms with Crippen molar-refractivity contribution in [2.45, 2.75) is 58.5 Å². The molecule has 94 valence electrons. The Balaban J connectivity index is 1.91. The van der Waals surface area contributed by atoms with Crippen molar-refractivity contribution in [2.24, 2.45) is 11.3 Å². The maximum atomic E-state index is 3.47. The Morgan fingerprint density at radius 1 is 1.31 bits per heavy atom. The summed E-state index contributed by atoms with van der Waals surface area (Å²) in [5, 5.41) is 3.47. The molecule has 2 nitrogen and oxygen atoms in total. The summed E-state index contributed by atoms with van der Waals surface area (Å²) in [6, 6.07) is 1.46. The van der Waals surface area contributed by atoms with E-state index in [1.54, 1.807) is 0 Å². The summed E-state index contributed by atoms with van der Waals surface area (Å²) in [5.41, 5.74) is 0.639. The molecule has 0 bridgehead atoms. The zero-order valence-electron chi connectivity index (χ0n) is 11.4. The fourth-order valence-electron chi connectivity index (χ4n) is 3.50. The number of likely N-dealkylation sites (tertiary alicyclic amines) is 1. The van der Waals surface area contributed by atoms with Gasteiger partial charge in [0.1, 0.15) is 0 Å². The van der Waals surface area contributed by atoms with Gasteiger partial charge in [-0.25, -0.2) is 0 Å². The van der Waals surface area contributed by atoms with Gasteiger partial charge in [0.05, 0.1) is 0 Å². The van der Waals surface area contributed by atoms with E-state index in [2.05, 4.69) is 38.0 Å². The molecule has 1 aliphatic carbocycles. The Morgan fingerprint density at radius 3 is 2.50 bits per heavy atom. The number of nitrogens with zero attached hydrogens (tertiary/aromatic N) is 1. The van der Waals surface area contributed by atoms with Crippen LogP contribution in [0.1, 0.15) is 46.5 Å². The molecule has 16 heavy (non-hydrogen) atoms. The molecule has 2 fully saturated rings. The van der Waals surface area contributed by atoms with Crippen molar-refractivity contribution in [3.63, 3.8) is 0 Å². The van der Waals surface area contributed by atoms with E-state index in [1.165, 1.54) is 38.8 Å². The van der Waals surface area contributed by atoms with Crippen LogP contribution in [-0.4, -0.2) is 37.1 Å². The molecule has 3 atom stereocenters. The lowest BCUT2D eigenvalue weighted by molar-refractivity contribution is 0.0176. The van der Waals surface area contributed by atoms with Crippen LogP contribution in [0.25, 0.3) is 0 Å². The van der Waals surface area contributed by atoms with E-state index >= 15 is 0 Å². The lowest BCUT2D eigenvalue weighted by Crippen LogP contribution is -2.55. The number of hydrogen-bond acceptors (Lipinski definition) is 2. The first-order valence-corrected chi connectivity index (χ1v) is 6.97. The highest BCUT2D eigenvalue weighted by molar-refractivity contribution is 4.93. The molecule has 0 aromatic rings. The highest BCUT2D eigenvalue weighted by Gasteiger charge is 2.38. The second kappa shape index (κ2) is 4.66. The minimum atomic E-state index is 0.639. The van der Waals surface area contributed by atoms with Gasteiger partial charge in [0.25, 0.3) is 0 Å². The first-order chi connectivity index (χ1) is 7.56. The number of nitrogens with one attached hydrogen (secondary N) is 1. The molecule has 1 N–H and O–H groups in total. The highest BCUT2D eigenvalue weighted by Crippen LogP contribution is 2.42. The van der Waals surface area contributed by atoms with Crippen LogP contribution in [0.4, 0.5) is 0 Å². The summed E-state index contributed by atoms with van der Waals surface area (Å²) in [4.78, 5) is 2.73. The summed E-state index contributed by atoms with van der Waals surface area (Å²) >= 11 is 0. The Hall–Kier alpha value is -0.0800. The topological polar surface area (TPSA) is 15.3 Å². The van der Waals surface area contributed by atoms with Crippen molar-refractivity contribution in [3.05, 3.63) is 0 Å². The van der Waals surface area contributed by atoms with Crippen LogP contribution in [0.2, 0.25) is 0 Å². The summed E-state index contributed by atoms with van der Waals surface area (Å²) in [5.74, 6) is 0.780. The average molecular weight is 224 g/mol. The molecule has 3 unspecified atom stereocenters. The van der Waals surface area contributed by atoms with Gasteiger partial charge >= 0.3 is 0 Å². The normalized spacial score (nSPS) is 39.4. The molecule has 0 aromatic carbocycles. The van der Waals surface area contributed by atoms with Crippen molar-refractivity contribution in [2.75, 3.05) is 20.1 Å². The molecule has 2 aliphatic rings. The van der Waals surface area contributed by atoms with Crippen molar-refractivity contribution >= 4 is 0 Å². The summed E-state index contributed by atoms with van der Waals surface area (Å²) in [7, 11) is 2.11. The third-order valence-corrected chi connectivity index (χ3v) is 5.22. The van der Waals surface area contributed by atoms with Gasteiger partial charge in [-0.15, -0.1) is 0 Å². The second-order valence-corrected chi connectivity index (χ2v) is 6.42. The fraction of sp³-hybridized carbons (Fsp3) is 1.00. The van der Waals surface area contributed by atoms with Gasteiger partial charge in [-0.05, 0) is 51.1 Å². The molecule has 2 heteroatoms. The quantitative estimate of drug-likeness (QED) is 0.792. The molecule has 0 aromatic heterocycles. The number of hydrogen-bond donors (Lipinski definition) is 1. The van der Waals surface area contributed by atoms with Gasteiger partial charge in [0, 0.05) is 18.6 Å². The van der Waals surface area contributed by atoms with E-state index in [-0.39, 0.29) is 0 Å². The van der Waals surface area contributed by atoms with Gasteiger partial charge in [-0.1, -0.05) is 20.3 Å². The first-order valence-electron chi connectivity index (χ1n) is 6.97. The van der Waals surface area contributed by atoms with Gasteiger partial charge < -0.3 is 5.32 Å². The van der Waals surface area contributed by atoms with Gasteiger partial charge in [0.15, 0.2) is 0 Å². The zero-order chi connectivity index (χ0) is 11.8. The van der Waals surface area contributed by atoms with E-state index in [4.69, 9.17) is 0 Å². The minimum absolute atomic E-state index is 0.639. The lowest BCUT2D eigenvalue weighted by Gasteiger charge is -2.49. The highest BCUT2D eigenvalue weighted by atomic mass is 15.2. The van der Waals surface area contributed by atoms with Gasteiger partial charge in [-0.3, -0.25) is 4.90 Å². The molecule has 1 aliphatic heterocycles. The third kappa shape index (κ3) is 2.28. The van der Waals surface area contributed by atoms with Crippen LogP contribution in [0.5, 0.6) is 0 Å². The van der Waals surface area contributed by atoms with Crippen molar-refractivity contribution in [3.8, 4) is 0 Å². The number of piperidine rings is 1. The zero-order valence-corrected chi connectivity index (χ0v) is 11.4. The average Bonchev–Trinajstić information content (AvgIpc) is 2.23. The molecule has 0 spiro atoms. The standard InChI is InChI=1S/C14H28N2/c1-11-12(2)16(9-6-13(11)15-4)10-14(3)7-5-8-14/h11-13,15H,5-10H2,1-4H3. The third-order valence-electron chi connectivity index (χ3n) is 5.22. The molecular formula is C14H28N2. The van der Waals surface area contributed by atoms with Crippen molar-refractivity contribution < 1.29 is 0 Å². The Labute approximate surface area is 101 Å². The van der Waals surface area contributed by atoms with E-state index in [0.717, 1.165) is 18.0 Å². The second-order valence-electron chi connectivity index (χ2n) is 6.42. The fourth-order valence-corrected chi connectivity index (χ4v) is 3.50. The van der Waals surface area contributed by atoms with E-state index in [0.29, 0.717) is 5.41 Å². The molecule has 1 saturated heterocycles. The largest absolute Gasteiger partial charge is 0.317 e. The van der Waals surface area contributed by atoms with Crippen LogP contribution >= 0.6 is 0 Å². The molecule has 0 radical (unpaired) electrons. The van der Waals surface area contributed by atoms with Crippen molar-refractivity contribution in [1.29, 1.82) is 0 Å². The predicted octanol–water partition coefficient (Wildman–Crippen LogP) is 2.49. The Morgan fingerprint density at radius 2 is 2.00 bits per heavy atom. The van der Waals surface area contributed by atoms with Gasteiger partial charge in [-0.2, -0.15) is 0 Å². The Bertz CT molecular complexity index is 235. The smallest absolute Gasteiger partial charge is 0.0117 e. The summed E-state index contributed by atoms with van der Waals surface area (Å²) in [6.07, 6.45) is 5.66. The predicted molar refractivity (Wildman–Crippen MR) is 69.6 cm³/mol.